The minimum Gasteiger partial charge on any atom is -0.340 e. The fourth-order valence-electron chi connectivity index (χ4n) is 2.73. The van der Waals surface area contributed by atoms with Gasteiger partial charge in [-0.05, 0) is 61.4 Å². The molecule has 3 aromatic rings. The molecule has 1 heterocycles. The number of aromatic nitrogens is 1. The van der Waals surface area contributed by atoms with Gasteiger partial charge in [-0.1, -0.05) is 18.2 Å². The summed E-state index contributed by atoms with van der Waals surface area (Å²) < 4.78 is 0. The zero-order chi connectivity index (χ0) is 20.1. The molecule has 6 heteroatoms. The van der Waals surface area contributed by atoms with Crippen molar-refractivity contribution in [1.29, 1.82) is 0 Å². The number of amides is 2. The number of aryl methyl sites for hydroxylation is 2. The van der Waals surface area contributed by atoms with Gasteiger partial charge < -0.3 is 16.0 Å². The van der Waals surface area contributed by atoms with Crippen molar-refractivity contribution in [1.82, 2.24) is 4.98 Å². The number of hydrogen-bond acceptors (Lipinski definition) is 4. The van der Waals surface area contributed by atoms with Crippen LogP contribution in [-0.2, 0) is 4.79 Å². The molecule has 0 saturated heterocycles. The Labute approximate surface area is 164 Å². The van der Waals surface area contributed by atoms with Gasteiger partial charge in [-0.3, -0.25) is 9.59 Å². The van der Waals surface area contributed by atoms with Crippen LogP contribution in [0.4, 0.5) is 22.9 Å². The van der Waals surface area contributed by atoms with Gasteiger partial charge in [-0.15, -0.1) is 0 Å². The predicted molar refractivity (Wildman–Crippen MR) is 112 cm³/mol. The van der Waals surface area contributed by atoms with E-state index in [1.807, 2.05) is 32.0 Å². The molecule has 0 radical (unpaired) electrons. The van der Waals surface area contributed by atoms with E-state index in [-0.39, 0.29) is 11.8 Å². The summed E-state index contributed by atoms with van der Waals surface area (Å²) >= 11 is 0. The molecule has 2 amide bonds. The Balaban J connectivity index is 1.75. The zero-order valence-electron chi connectivity index (χ0n) is 16.0. The number of anilines is 4. The summed E-state index contributed by atoms with van der Waals surface area (Å²) in [5, 5.41) is 8.80. The van der Waals surface area contributed by atoms with Crippen molar-refractivity contribution in [3.63, 3.8) is 0 Å². The first-order valence-electron chi connectivity index (χ1n) is 8.90. The van der Waals surface area contributed by atoms with Gasteiger partial charge in [0.05, 0.1) is 0 Å². The van der Waals surface area contributed by atoms with E-state index in [4.69, 9.17) is 0 Å². The Hall–Kier alpha value is -3.67. The minimum atomic E-state index is -0.258. The topological polar surface area (TPSA) is 83.1 Å². The van der Waals surface area contributed by atoms with E-state index in [2.05, 4.69) is 20.9 Å². The van der Waals surface area contributed by atoms with Crippen molar-refractivity contribution >= 4 is 34.7 Å². The van der Waals surface area contributed by atoms with Gasteiger partial charge in [0.25, 0.3) is 5.91 Å². The quantitative estimate of drug-likeness (QED) is 0.607. The van der Waals surface area contributed by atoms with Crippen LogP contribution < -0.4 is 16.0 Å². The van der Waals surface area contributed by atoms with E-state index in [0.29, 0.717) is 22.8 Å². The van der Waals surface area contributed by atoms with Gasteiger partial charge >= 0.3 is 0 Å². The van der Waals surface area contributed by atoms with E-state index >= 15 is 0 Å². The minimum absolute atomic E-state index is 0.167. The summed E-state index contributed by atoms with van der Waals surface area (Å²) in [5.41, 5.74) is 4.88. The van der Waals surface area contributed by atoms with E-state index in [1.54, 1.807) is 42.6 Å². The molecule has 3 N–H and O–H groups in total. The molecule has 6 nitrogen and oxygen atoms in total. The lowest BCUT2D eigenvalue weighted by Gasteiger charge is -2.11. The third-order valence-corrected chi connectivity index (χ3v) is 4.12. The van der Waals surface area contributed by atoms with Crippen molar-refractivity contribution in [2.24, 2.45) is 0 Å². The number of hydrogen-bond donors (Lipinski definition) is 3. The predicted octanol–water partition coefficient (Wildman–Crippen LogP) is 4.65. The van der Waals surface area contributed by atoms with Crippen LogP contribution >= 0.6 is 0 Å². The van der Waals surface area contributed by atoms with Gasteiger partial charge in [0.1, 0.15) is 5.82 Å². The van der Waals surface area contributed by atoms with Gasteiger partial charge in [0.15, 0.2) is 0 Å². The highest BCUT2D eigenvalue weighted by atomic mass is 16.2. The number of pyridine rings is 1. The standard InChI is InChI=1S/C22H22N4O2/c1-14-7-8-15(2)20(11-14)26-21-12-17(9-10-23-21)22(28)25-19-6-4-5-18(13-19)24-16(3)27/h4-13H,1-3H3,(H,23,26)(H,24,27)(H,25,28). The second-order valence-electron chi connectivity index (χ2n) is 6.59. The Morgan fingerprint density at radius 1 is 0.893 bits per heavy atom. The summed E-state index contributed by atoms with van der Waals surface area (Å²) in [6.07, 6.45) is 1.59. The fraction of sp³-hybridized carbons (Fsp3) is 0.136. The number of benzene rings is 2. The number of rotatable bonds is 5. The summed E-state index contributed by atoms with van der Waals surface area (Å²) in [5.74, 6) is 0.166. The highest BCUT2D eigenvalue weighted by molar-refractivity contribution is 6.05. The highest BCUT2D eigenvalue weighted by Crippen LogP contribution is 2.22. The molecule has 0 saturated carbocycles. The molecule has 0 fully saturated rings. The second-order valence-corrected chi connectivity index (χ2v) is 6.59. The van der Waals surface area contributed by atoms with Crippen LogP contribution in [-0.4, -0.2) is 16.8 Å². The van der Waals surface area contributed by atoms with Gasteiger partial charge in [-0.2, -0.15) is 0 Å². The van der Waals surface area contributed by atoms with E-state index in [0.717, 1.165) is 16.8 Å². The third kappa shape index (κ3) is 4.94. The first-order chi connectivity index (χ1) is 13.4. The Bertz CT molecular complexity index is 1030. The SMILES string of the molecule is CC(=O)Nc1cccc(NC(=O)c2ccnc(Nc3cc(C)ccc3C)c2)c1. The molecule has 0 atom stereocenters. The lowest BCUT2D eigenvalue weighted by atomic mass is 10.1. The maximum atomic E-state index is 12.6. The van der Waals surface area contributed by atoms with E-state index in [9.17, 15) is 9.59 Å². The summed E-state index contributed by atoms with van der Waals surface area (Å²) in [6.45, 7) is 5.48. The lowest BCUT2D eigenvalue weighted by molar-refractivity contribution is -0.114. The summed E-state index contributed by atoms with van der Waals surface area (Å²) in [6, 6.07) is 16.5. The molecule has 0 bridgehead atoms. The molecule has 2 aromatic carbocycles. The molecule has 1 aromatic heterocycles. The van der Waals surface area contributed by atoms with E-state index < -0.39 is 0 Å². The molecule has 0 aliphatic rings. The normalized spacial score (nSPS) is 10.2. The van der Waals surface area contributed by atoms with Gasteiger partial charge in [0.2, 0.25) is 5.91 Å². The van der Waals surface area contributed by atoms with E-state index in [1.165, 1.54) is 6.92 Å². The summed E-state index contributed by atoms with van der Waals surface area (Å²) in [4.78, 5) is 28.1. The number of carbonyl (C=O) groups is 2. The van der Waals surface area contributed by atoms with Crippen LogP contribution in [0.2, 0.25) is 0 Å². The van der Waals surface area contributed by atoms with Crippen molar-refractivity contribution in [3.8, 4) is 0 Å². The summed E-state index contributed by atoms with van der Waals surface area (Å²) in [7, 11) is 0. The molecule has 0 spiro atoms. The molecular weight excluding hydrogens is 352 g/mol. The average Bonchev–Trinajstić information content (AvgIpc) is 2.65. The molecule has 28 heavy (non-hydrogen) atoms. The van der Waals surface area contributed by atoms with Crippen molar-refractivity contribution in [2.75, 3.05) is 16.0 Å². The average molecular weight is 374 g/mol. The smallest absolute Gasteiger partial charge is 0.255 e. The monoisotopic (exact) mass is 374 g/mol. The molecule has 0 aliphatic carbocycles. The van der Waals surface area contributed by atoms with Crippen molar-refractivity contribution in [3.05, 3.63) is 77.5 Å². The van der Waals surface area contributed by atoms with Crippen molar-refractivity contribution < 1.29 is 9.59 Å². The van der Waals surface area contributed by atoms with Crippen molar-refractivity contribution in [2.45, 2.75) is 20.8 Å². The van der Waals surface area contributed by atoms with Crippen LogP contribution in [0.25, 0.3) is 0 Å². The lowest BCUT2D eigenvalue weighted by Crippen LogP contribution is -2.13. The third-order valence-electron chi connectivity index (χ3n) is 4.12. The second kappa shape index (κ2) is 8.35. The molecule has 142 valence electrons. The van der Waals surface area contributed by atoms with Crippen LogP contribution in [0.5, 0.6) is 0 Å². The van der Waals surface area contributed by atoms with Gasteiger partial charge in [-0.25, -0.2) is 4.98 Å². The zero-order valence-corrected chi connectivity index (χ0v) is 16.0. The Kier molecular flexibility index (Phi) is 5.69. The Morgan fingerprint density at radius 2 is 1.64 bits per heavy atom. The Morgan fingerprint density at radius 3 is 2.39 bits per heavy atom. The van der Waals surface area contributed by atoms with Crippen LogP contribution in [0.1, 0.15) is 28.4 Å². The molecule has 3 rings (SSSR count). The molecular formula is C22H22N4O2. The molecule has 0 aliphatic heterocycles. The largest absolute Gasteiger partial charge is 0.340 e. The highest BCUT2D eigenvalue weighted by Gasteiger charge is 2.09. The van der Waals surface area contributed by atoms with Crippen LogP contribution in [0.15, 0.2) is 60.8 Å². The maximum absolute atomic E-state index is 12.6. The first kappa shape index (κ1) is 19.1. The first-order valence-corrected chi connectivity index (χ1v) is 8.90. The van der Waals surface area contributed by atoms with Gasteiger partial charge in [0, 0.05) is 35.7 Å². The van der Waals surface area contributed by atoms with Crippen LogP contribution in [0.3, 0.4) is 0 Å². The number of carbonyl (C=O) groups excluding carboxylic acids is 2. The fourth-order valence-corrected chi connectivity index (χ4v) is 2.73. The number of nitrogens with one attached hydrogen (secondary N) is 3. The maximum Gasteiger partial charge on any atom is 0.255 e. The molecule has 0 unspecified atom stereocenters. The number of nitrogens with zero attached hydrogens (tertiary/aromatic N) is 1. The van der Waals surface area contributed by atoms with Crippen LogP contribution in [0, 0.1) is 13.8 Å².